The van der Waals surface area contributed by atoms with Crippen molar-refractivity contribution < 1.29 is 133 Å². The average molecular weight is 782 g/mol. The fourth-order valence-electron chi connectivity index (χ4n) is 5.20. The number of hydrogen-bond acceptors (Lipinski definition) is 10. The van der Waals surface area contributed by atoms with E-state index in [1.165, 1.54) is 122 Å². The van der Waals surface area contributed by atoms with Crippen molar-refractivity contribution in [3.05, 3.63) is 0 Å². The van der Waals surface area contributed by atoms with E-state index in [0.29, 0.717) is 13.0 Å². The van der Waals surface area contributed by atoms with E-state index in [4.69, 9.17) is 0 Å². The molecule has 0 saturated heterocycles. The molecule has 1 N–H and O–H groups in total. The number of carbonyl (C=O) groups excluding carboxylic acids is 2. The van der Waals surface area contributed by atoms with Gasteiger partial charge in [0.05, 0.1) is 17.8 Å². The zero-order valence-corrected chi connectivity index (χ0v) is 40.1. The van der Waals surface area contributed by atoms with Gasteiger partial charge in [-0.25, -0.2) is 16.8 Å². The van der Waals surface area contributed by atoms with Crippen molar-refractivity contribution in [3.8, 4) is 0 Å². The summed E-state index contributed by atoms with van der Waals surface area (Å²) in [7, 11) is -9.58. The van der Waals surface area contributed by atoms with Gasteiger partial charge in [-0.05, 0) is 12.8 Å². The maximum Gasteiger partial charge on any atom is 1.00 e. The number of carbonyl (C=O) groups is 2. The van der Waals surface area contributed by atoms with Crippen LogP contribution in [0.25, 0.3) is 0 Å². The van der Waals surface area contributed by atoms with Crippen LogP contribution in [0.15, 0.2) is 0 Å². The predicted molar refractivity (Wildman–Crippen MR) is 183 cm³/mol. The molecule has 0 rings (SSSR count). The molecule has 0 saturated carbocycles. The number of aliphatic carboxylic acids is 1. The van der Waals surface area contributed by atoms with Crippen LogP contribution in [0.1, 0.15) is 187 Å². The van der Waals surface area contributed by atoms with E-state index in [1.54, 1.807) is 0 Å². The van der Waals surface area contributed by atoms with Crippen molar-refractivity contribution in [3.63, 3.8) is 0 Å². The first kappa shape index (κ1) is 61.0. The molecule has 50 heavy (non-hydrogen) atoms. The Labute approximate surface area is 372 Å². The molecule has 0 aliphatic heterocycles. The molecule has 0 aliphatic carbocycles. The summed E-state index contributed by atoms with van der Waals surface area (Å²) < 4.78 is 66.8. The molecule has 0 aromatic carbocycles. The Morgan fingerprint density at radius 2 is 0.840 bits per heavy atom. The van der Waals surface area contributed by atoms with Gasteiger partial charge in [-0.2, -0.15) is 0 Å². The predicted octanol–water partition coefficient (Wildman–Crippen LogP) is -2.19. The largest absolute Gasteiger partial charge is 1.00 e. The molecule has 0 aliphatic rings. The zero-order chi connectivity index (χ0) is 35.7. The summed E-state index contributed by atoms with van der Waals surface area (Å²) >= 11 is 0. The van der Waals surface area contributed by atoms with E-state index in [2.05, 4.69) is 23.3 Å². The van der Waals surface area contributed by atoms with Gasteiger partial charge in [0.2, 0.25) is 16.3 Å². The van der Waals surface area contributed by atoms with Gasteiger partial charge in [-0.3, -0.25) is 8.98 Å². The monoisotopic (exact) mass is 781 g/mol. The second kappa shape index (κ2) is 43.4. The van der Waals surface area contributed by atoms with Crippen molar-refractivity contribution in [2.45, 2.75) is 192 Å². The molecular weight excluding hydrogens is 715 g/mol. The van der Waals surface area contributed by atoms with Crippen molar-refractivity contribution in [1.82, 2.24) is 5.32 Å². The third-order valence-electron chi connectivity index (χ3n) is 8.06. The van der Waals surface area contributed by atoms with Crippen LogP contribution in [0.4, 0.5) is 0 Å². The quantitative estimate of drug-likeness (QED) is 0.0331. The van der Waals surface area contributed by atoms with E-state index < -0.39 is 44.1 Å². The molecular formula is C34H66NNa3O10S2. The second-order valence-corrected chi connectivity index (χ2v) is 15.2. The summed E-state index contributed by atoms with van der Waals surface area (Å²) in [5.41, 5.74) is 0. The normalized spacial score (nSPS) is 11.6. The third-order valence-corrected chi connectivity index (χ3v) is 9.57. The number of unbranched alkanes of at least 4 members (excludes halogenated alkanes) is 24. The summed E-state index contributed by atoms with van der Waals surface area (Å²) in [6.07, 6.45) is 30.8. The van der Waals surface area contributed by atoms with Crippen LogP contribution >= 0.6 is 0 Å². The van der Waals surface area contributed by atoms with Crippen molar-refractivity contribution in [1.29, 1.82) is 0 Å². The molecule has 0 heterocycles. The molecule has 0 spiro atoms. The van der Waals surface area contributed by atoms with Crippen LogP contribution in [0.5, 0.6) is 0 Å². The Hall–Kier alpha value is 1.72. The van der Waals surface area contributed by atoms with Crippen molar-refractivity contribution in [2.75, 3.05) is 13.2 Å². The fraction of sp³-hybridized carbons (Fsp3) is 0.941. The first-order valence-corrected chi connectivity index (χ1v) is 21.2. The minimum absolute atomic E-state index is 0. The Morgan fingerprint density at radius 3 is 1.12 bits per heavy atom. The number of rotatable bonds is 33. The van der Waals surface area contributed by atoms with Crippen LogP contribution in [-0.2, 0) is 34.3 Å². The van der Waals surface area contributed by atoms with E-state index in [-0.39, 0.29) is 95.3 Å². The minimum Gasteiger partial charge on any atom is -0.747 e. The van der Waals surface area contributed by atoms with Gasteiger partial charge in [-0.15, -0.1) is 0 Å². The molecule has 0 aromatic rings. The van der Waals surface area contributed by atoms with E-state index in [1.807, 2.05) is 0 Å². The number of nitrogens with one attached hydrogen (secondary N) is 1. The number of hydrogen-bond donors (Lipinski definition) is 1. The molecule has 0 aromatic heterocycles. The first-order valence-electron chi connectivity index (χ1n) is 18.4. The average Bonchev–Trinajstić information content (AvgIpc) is 2.99. The molecule has 0 bridgehead atoms. The third kappa shape index (κ3) is 49.7. The SMILES string of the molecule is CCCCCCCCCCCCCCCCCCNC(=O)CC(C(=O)[O-])S(=O)(=O)[O-].CCCCCCCCCCCCOS(=O)(=O)[O-].[Na+].[Na+].[Na+]. The molecule has 1 unspecified atom stereocenters. The standard InChI is InChI=1S/C22H43NO6S.C12H26O4S.3Na/c1-2-3-4-5-6-7-8-9-10-11-12-13-14-15-16-17-18-23-21(24)19-20(22(25)26)30(27,28)29;1-2-3-4-5-6-7-8-9-10-11-12-16-17(13,14)15;;;/h20H,2-19H2,1H3,(H,23,24)(H,25,26)(H,27,28,29);2-12H2,1H3,(H,13,14,15);;;/q;;3*+1/p-3. The Kier molecular flexibility index (Phi) is 53.0. The van der Waals surface area contributed by atoms with Crippen LogP contribution < -0.4 is 99.1 Å². The first-order chi connectivity index (χ1) is 22.3. The molecule has 0 fully saturated rings. The van der Waals surface area contributed by atoms with Gasteiger partial charge < -0.3 is 24.3 Å². The minimum atomic E-state index is -5.09. The molecule has 16 heteroatoms. The van der Waals surface area contributed by atoms with Gasteiger partial charge in [0.1, 0.15) is 10.1 Å². The van der Waals surface area contributed by atoms with E-state index >= 15 is 0 Å². The smallest absolute Gasteiger partial charge is 0.747 e. The summed E-state index contributed by atoms with van der Waals surface area (Å²) in [4.78, 5) is 22.2. The van der Waals surface area contributed by atoms with Crippen LogP contribution in [0, 0.1) is 0 Å². The van der Waals surface area contributed by atoms with Crippen molar-refractivity contribution in [2.24, 2.45) is 0 Å². The van der Waals surface area contributed by atoms with Gasteiger partial charge >= 0.3 is 88.7 Å². The molecule has 1 amide bonds. The van der Waals surface area contributed by atoms with Gasteiger partial charge in [0.25, 0.3) is 0 Å². The number of carboxylic acid groups (broad SMARTS) is 1. The van der Waals surface area contributed by atoms with E-state index in [9.17, 15) is 40.6 Å². The van der Waals surface area contributed by atoms with Crippen molar-refractivity contribution >= 4 is 32.4 Å². The van der Waals surface area contributed by atoms with Gasteiger partial charge in [0.15, 0.2) is 0 Å². The maximum absolute atomic E-state index is 11.6. The number of amides is 1. The Balaban J connectivity index is -0.000000290. The molecule has 282 valence electrons. The topological polar surface area (TPSA) is 193 Å². The summed E-state index contributed by atoms with van der Waals surface area (Å²) in [6, 6.07) is 0. The second-order valence-electron chi connectivity index (χ2n) is 12.6. The van der Waals surface area contributed by atoms with Crippen LogP contribution in [0.2, 0.25) is 0 Å². The number of carboxylic acids is 1. The molecule has 0 radical (unpaired) electrons. The van der Waals surface area contributed by atoms with Crippen LogP contribution in [0.3, 0.4) is 0 Å². The van der Waals surface area contributed by atoms with Gasteiger partial charge in [0, 0.05) is 13.0 Å². The summed E-state index contributed by atoms with van der Waals surface area (Å²) in [5.74, 6) is -2.80. The van der Waals surface area contributed by atoms with Gasteiger partial charge in [-0.1, -0.05) is 168 Å². The van der Waals surface area contributed by atoms with E-state index in [0.717, 1.165) is 38.5 Å². The fourth-order valence-corrected chi connectivity index (χ4v) is 6.11. The maximum atomic E-state index is 11.6. The Morgan fingerprint density at radius 1 is 0.540 bits per heavy atom. The molecule has 11 nitrogen and oxygen atoms in total. The summed E-state index contributed by atoms with van der Waals surface area (Å²) in [5, 5.41) is 10.8. The summed E-state index contributed by atoms with van der Waals surface area (Å²) in [6.45, 7) is 4.83. The molecule has 1 atom stereocenters. The zero-order valence-electron chi connectivity index (χ0n) is 32.5. The Bertz CT molecular complexity index is 959. The van der Waals surface area contributed by atoms with Crippen LogP contribution in [-0.4, -0.2) is 56.2 Å².